The average molecular weight is 357 g/mol. The summed E-state index contributed by atoms with van der Waals surface area (Å²) >= 11 is 5.80. The molecule has 0 aliphatic rings. The molecule has 0 saturated carbocycles. The molecule has 8 nitrogen and oxygen atoms in total. The predicted octanol–water partition coefficient (Wildman–Crippen LogP) is 1.61. The molecule has 0 aliphatic carbocycles. The number of imide groups is 1. The zero-order valence-electron chi connectivity index (χ0n) is 12.9. The molecule has 9 heteroatoms. The van der Waals surface area contributed by atoms with E-state index in [1.54, 1.807) is 6.92 Å². The Hall–Kier alpha value is -2.74. The van der Waals surface area contributed by atoms with E-state index in [9.17, 15) is 19.5 Å². The van der Waals surface area contributed by atoms with Crippen molar-refractivity contribution >= 4 is 29.5 Å². The van der Waals surface area contributed by atoms with Crippen LogP contribution in [0.2, 0.25) is 5.02 Å². The van der Waals surface area contributed by atoms with Crippen molar-refractivity contribution in [2.45, 2.75) is 6.92 Å². The second kappa shape index (κ2) is 9.41. The van der Waals surface area contributed by atoms with Crippen molar-refractivity contribution in [3.63, 3.8) is 0 Å². The Balaban J connectivity index is 2.63. The topological polar surface area (TPSA) is 114 Å². The molecule has 3 amide bonds. The summed E-state index contributed by atoms with van der Waals surface area (Å²) in [6.45, 7) is 4.87. The number of rotatable bonds is 7. The molecular weight excluding hydrogens is 340 g/mol. The van der Waals surface area contributed by atoms with E-state index < -0.39 is 24.5 Å². The Labute approximate surface area is 143 Å². The lowest BCUT2D eigenvalue weighted by Gasteiger charge is -2.10. The molecule has 1 aromatic rings. The molecule has 24 heavy (non-hydrogen) atoms. The van der Waals surface area contributed by atoms with Gasteiger partial charge in [-0.3, -0.25) is 10.1 Å². The van der Waals surface area contributed by atoms with Gasteiger partial charge in [-0.05, 0) is 19.1 Å². The SMILES string of the molecule is C=CCNC(=O)NC(=O)COC(=O)c1cc(Cl)c(O)c(OCC)c1. The first-order chi connectivity index (χ1) is 11.4. The van der Waals surface area contributed by atoms with Gasteiger partial charge in [-0.25, -0.2) is 9.59 Å². The van der Waals surface area contributed by atoms with E-state index in [2.05, 4.69) is 11.9 Å². The maximum absolute atomic E-state index is 11.9. The number of phenolic OH excluding ortho intramolecular Hbond substituents is 1. The predicted molar refractivity (Wildman–Crippen MR) is 86.3 cm³/mol. The Bertz CT molecular complexity index is 647. The van der Waals surface area contributed by atoms with E-state index in [1.807, 2.05) is 5.32 Å². The van der Waals surface area contributed by atoms with Crippen molar-refractivity contribution in [2.75, 3.05) is 19.8 Å². The maximum Gasteiger partial charge on any atom is 0.338 e. The molecule has 0 fully saturated rings. The van der Waals surface area contributed by atoms with Gasteiger partial charge >= 0.3 is 12.0 Å². The zero-order chi connectivity index (χ0) is 18.1. The van der Waals surface area contributed by atoms with Crippen molar-refractivity contribution in [1.82, 2.24) is 10.6 Å². The van der Waals surface area contributed by atoms with E-state index in [1.165, 1.54) is 18.2 Å². The van der Waals surface area contributed by atoms with Crippen LogP contribution < -0.4 is 15.4 Å². The molecule has 3 N–H and O–H groups in total. The van der Waals surface area contributed by atoms with Crippen LogP contribution in [0.3, 0.4) is 0 Å². The minimum absolute atomic E-state index is 0.00911. The third kappa shape index (κ3) is 5.81. The van der Waals surface area contributed by atoms with Gasteiger partial charge in [0.25, 0.3) is 5.91 Å². The third-order valence-electron chi connectivity index (χ3n) is 2.56. The molecule has 0 aliphatic heterocycles. The van der Waals surface area contributed by atoms with Crippen LogP contribution in [0.25, 0.3) is 0 Å². The number of esters is 1. The zero-order valence-corrected chi connectivity index (χ0v) is 13.7. The summed E-state index contributed by atoms with van der Waals surface area (Å²) in [7, 11) is 0. The number of carbonyl (C=O) groups is 3. The summed E-state index contributed by atoms with van der Waals surface area (Å²) in [6, 6.07) is 1.68. The second-order valence-electron chi connectivity index (χ2n) is 4.36. The van der Waals surface area contributed by atoms with Crippen molar-refractivity contribution in [2.24, 2.45) is 0 Å². The monoisotopic (exact) mass is 356 g/mol. The molecule has 0 spiro atoms. The number of carbonyl (C=O) groups excluding carboxylic acids is 3. The van der Waals surface area contributed by atoms with Crippen molar-refractivity contribution in [3.05, 3.63) is 35.4 Å². The number of phenols is 1. The van der Waals surface area contributed by atoms with E-state index in [0.29, 0.717) is 0 Å². The Kier molecular flexibility index (Phi) is 7.57. The van der Waals surface area contributed by atoms with Gasteiger partial charge in [-0.2, -0.15) is 0 Å². The quantitative estimate of drug-likeness (QED) is 0.505. The molecular formula is C15H17ClN2O6. The highest BCUT2D eigenvalue weighted by atomic mass is 35.5. The summed E-state index contributed by atoms with van der Waals surface area (Å²) in [6.07, 6.45) is 1.44. The van der Waals surface area contributed by atoms with Gasteiger partial charge in [0.05, 0.1) is 17.2 Å². The smallest absolute Gasteiger partial charge is 0.338 e. The lowest BCUT2D eigenvalue weighted by molar-refractivity contribution is -0.123. The van der Waals surface area contributed by atoms with Gasteiger partial charge in [0, 0.05) is 6.54 Å². The third-order valence-corrected chi connectivity index (χ3v) is 2.85. The number of ether oxygens (including phenoxy) is 2. The number of nitrogens with one attached hydrogen (secondary N) is 2. The van der Waals surface area contributed by atoms with Crippen molar-refractivity contribution in [3.8, 4) is 11.5 Å². The first kappa shape index (κ1) is 19.3. The number of benzene rings is 1. The van der Waals surface area contributed by atoms with E-state index in [0.717, 1.165) is 0 Å². The first-order valence-corrected chi connectivity index (χ1v) is 7.27. The number of aromatic hydroxyl groups is 1. The fraction of sp³-hybridized carbons (Fsp3) is 0.267. The average Bonchev–Trinajstić information content (AvgIpc) is 2.54. The Morgan fingerprint density at radius 2 is 2.08 bits per heavy atom. The van der Waals surface area contributed by atoms with Gasteiger partial charge in [0.15, 0.2) is 18.1 Å². The highest BCUT2D eigenvalue weighted by molar-refractivity contribution is 6.32. The molecule has 0 unspecified atom stereocenters. The Morgan fingerprint density at radius 1 is 1.38 bits per heavy atom. The lowest BCUT2D eigenvalue weighted by Crippen LogP contribution is -2.41. The number of hydrogen-bond donors (Lipinski definition) is 3. The van der Waals surface area contributed by atoms with Crippen molar-refractivity contribution in [1.29, 1.82) is 0 Å². The van der Waals surface area contributed by atoms with E-state index in [4.69, 9.17) is 21.1 Å². The highest BCUT2D eigenvalue weighted by Gasteiger charge is 2.17. The molecule has 0 aromatic heterocycles. The van der Waals surface area contributed by atoms with Gasteiger partial charge in [-0.15, -0.1) is 6.58 Å². The minimum Gasteiger partial charge on any atom is -0.503 e. The molecule has 0 saturated heterocycles. The normalized spacial score (nSPS) is 9.75. The van der Waals surface area contributed by atoms with Crippen LogP contribution >= 0.6 is 11.6 Å². The highest BCUT2D eigenvalue weighted by Crippen LogP contribution is 2.35. The summed E-state index contributed by atoms with van der Waals surface area (Å²) in [5, 5.41) is 13.9. The fourth-order valence-corrected chi connectivity index (χ4v) is 1.75. The summed E-state index contributed by atoms with van der Waals surface area (Å²) in [5.74, 6) is -1.95. The molecule has 1 aromatic carbocycles. The largest absolute Gasteiger partial charge is 0.503 e. The summed E-state index contributed by atoms with van der Waals surface area (Å²) in [4.78, 5) is 34.6. The molecule has 0 atom stereocenters. The van der Waals surface area contributed by atoms with Crippen LogP contribution in [0.15, 0.2) is 24.8 Å². The first-order valence-electron chi connectivity index (χ1n) is 6.90. The molecule has 1 rings (SSSR count). The lowest BCUT2D eigenvalue weighted by atomic mass is 10.2. The van der Waals surface area contributed by atoms with E-state index >= 15 is 0 Å². The van der Waals surface area contributed by atoms with Gasteiger partial charge in [0.1, 0.15) is 0 Å². The Morgan fingerprint density at radius 3 is 2.71 bits per heavy atom. The summed E-state index contributed by atoms with van der Waals surface area (Å²) < 4.78 is 9.92. The van der Waals surface area contributed by atoms with Crippen LogP contribution in [0.5, 0.6) is 11.5 Å². The fourth-order valence-electron chi connectivity index (χ4n) is 1.54. The molecule has 0 bridgehead atoms. The summed E-state index contributed by atoms with van der Waals surface area (Å²) in [5.41, 5.74) is -0.00911. The van der Waals surface area contributed by atoms with E-state index in [-0.39, 0.29) is 35.2 Å². The number of amides is 3. The molecule has 0 heterocycles. The number of urea groups is 1. The van der Waals surface area contributed by atoms with Gasteiger partial charge < -0.3 is 19.9 Å². The number of halogens is 1. The van der Waals surface area contributed by atoms with Crippen LogP contribution in [0, 0.1) is 0 Å². The van der Waals surface area contributed by atoms with Gasteiger partial charge in [0.2, 0.25) is 0 Å². The maximum atomic E-state index is 11.9. The van der Waals surface area contributed by atoms with Crippen LogP contribution in [0.4, 0.5) is 4.79 Å². The van der Waals surface area contributed by atoms with Crippen molar-refractivity contribution < 1.29 is 29.0 Å². The second-order valence-corrected chi connectivity index (χ2v) is 4.77. The van der Waals surface area contributed by atoms with Crippen LogP contribution in [-0.4, -0.2) is 42.8 Å². The standard InChI is InChI=1S/C15H17ClN2O6/c1-3-5-17-15(22)18-12(19)8-24-14(21)9-6-10(16)13(20)11(7-9)23-4-2/h3,6-7,20H,1,4-5,8H2,2H3,(H2,17,18,19,22). The van der Waals surface area contributed by atoms with Crippen LogP contribution in [0.1, 0.15) is 17.3 Å². The number of hydrogen-bond acceptors (Lipinski definition) is 6. The molecule has 130 valence electrons. The van der Waals surface area contributed by atoms with Crippen LogP contribution in [-0.2, 0) is 9.53 Å². The minimum atomic E-state index is -0.862. The van der Waals surface area contributed by atoms with Gasteiger partial charge in [-0.1, -0.05) is 17.7 Å². The molecule has 0 radical (unpaired) electrons.